The summed E-state index contributed by atoms with van der Waals surface area (Å²) in [6.45, 7) is 8.47. The SMILES string of the molecule is CCc1nn(C)c(CC)c1CNCC(C)c1ccncc1. The molecule has 0 aliphatic carbocycles. The fraction of sp³-hybridized carbons (Fsp3) is 0.529. The number of aromatic nitrogens is 3. The Balaban J connectivity index is 1.97. The number of nitrogens with one attached hydrogen (secondary N) is 1. The van der Waals surface area contributed by atoms with Crippen LogP contribution in [0.5, 0.6) is 0 Å². The molecule has 21 heavy (non-hydrogen) atoms. The summed E-state index contributed by atoms with van der Waals surface area (Å²) in [5.74, 6) is 0.486. The third kappa shape index (κ3) is 3.70. The van der Waals surface area contributed by atoms with Gasteiger partial charge < -0.3 is 5.32 Å². The van der Waals surface area contributed by atoms with Crippen LogP contribution in [0.4, 0.5) is 0 Å². The average molecular weight is 286 g/mol. The molecule has 0 saturated heterocycles. The molecule has 2 aromatic rings. The first-order valence-corrected chi connectivity index (χ1v) is 7.81. The van der Waals surface area contributed by atoms with Crippen molar-refractivity contribution in [2.24, 2.45) is 7.05 Å². The van der Waals surface area contributed by atoms with Crippen molar-refractivity contribution in [2.75, 3.05) is 6.54 Å². The minimum absolute atomic E-state index is 0.486. The molecule has 0 spiro atoms. The van der Waals surface area contributed by atoms with Crippen molar-refractivity contribution in [3.8, 4) is 0 Å². The number of hydrogen-bond acceptors (Lipinski definition) is 3. The van der Waals surface area contributed by atoms with Crippen LogP contribution in [0, 0.1) is 0 Å². The fourth-order valence-corrected chi connectivity index (χ4v) is 2.82. The largest absolute Gasteiger partial charge is 0.312 e. The van der Waals surface area contributed by atoms with Crippen molar-refractivity contribution < 1.29 is 0 Å². The molecular formula is C17H26N4. The standard InChI is InChI=1S/C17H26N4/c1-5-16-15(17(6-2)21(4)20-16)12-19-11-13(3)14-7-9-18-10-8-14/h7-10,13,19H,5-6,11-12H2,1-4H3. The van der Waals surface area contributed by atoms with E-state index >= 15 is 0 Å². The van der Waals surface area contributed by atoms with Gasteiger partial charge in [0.25, 0.3) is 0 Å². The summed E-state index contributed by atoms with van der Waals surface area (Å²) in [7, 11) is 2.04. The van der Waals surface area contributed by atoms with Gasteiger partial charge in [-0.15, -0.1) is 0 Å². The van der Waals surface area contributed by atoms with E-state index in [0.29, 0.717) is 5.92 Å². The summed E-state index contributed by atoms with van der Waals surface area (Å²) >= 11 is 0. The lowest BCUT2D eigenvalue weighted by molar-refractivity contribution is 0.609. The Morgan fingerprint density at radius 3 is 2.52 bits per heavy atom. The van der Waals surface area contributed by atoms with E-state index in [1.807, 2.05) is 24.1 Å². The molecule has 0 bridgehead atoms. The predicted octanol–water partition coefficient (Wildman–Crippen LogP) is 2.83. The summed E-state index contributed by atoms with van der Waals surface area (Å²) in [5, 5.41) is 8.21. The molecule has 4 heteroatoms. The van der Waals surface area contributed by atoms with Crippen molar-refractivity contribution in [3.05, 3.63) is 47.0 Å². The van der Waals surface area contributed by atoms with Gasteiger partial charge in [-0.05, 0) is 36.5 Å². The van der Waals surface area contributed by atoms with E-state index in [2.05, 4.69) is 48.3 Å². The van der Waals surface area contributed by atoms with E-state index in [0.717, 1.165) is 25.9 Å². The highest BCUT2D eigenvalue weighted by Crippen LogP contribution is 2.16. The fourth-order valence-electron chi connectivity index (χ4n) is 2.82. The summed E-state index contributed by atoms with van der Waals surface area (Å²) in [6.07, 6.45) is 5.74. The lowest BCUT2D eigenvalue weighted by Gasteiger charge is -2.13. The third-order valence-corrected chi connectivity index (χ3v) is 4.06. The van der Waals surface area contributed by atoms with Gasteiger partial charge in [0.05, 0.1) is 5.69 Å². The summed E-state index contributed by atoms with van der Waals surface area (Å²) in [6, 6.07) is 4.18. The topological polar surface area (TPSA) is 42.7 Å². The third-order valence-electron chi connectivity index (χ3n) is 4.06. The zero-order valence-corrected chi connectivity index (χ0v) is 13.6. The molecular weight excluding hydrogens is 260 g/mol. The number of pyridine rings is 1. The van der Waals surface area contributed by atoms with Crippen LogP contribution >= 0.6 is 0 Å². The lowest BCUT2D eigenvalue weighted by atomic mass is 10.0. The average Bonchev–Trinajstić information content (AvgIpc) is 2.83. The molecule has 0 fully saturated rings. The van der Waals surface area contributed by atoms with Gasteiger partial charge >= 0.3 is 0 Å². The van der Waals surface area contributed by atoms with Gasteiger partial charge in [-0.2, -0.15) is 5.10 Å². The second kappa shape index (κ2) is 7.36. The van der Waals surface area contributed by atoms with Crippen molar-refractivity contribution >= 4 is 0 Å². The van der Waals surface area contributed by atoms with Crippen molar-refractivity contribution in [1.29, 1.82) is 0 Å². The molecule has 0 saturated carbocycles. The van der Waals surface area contributed by atoms with E-state index in [-0.39, 0.29) is 0 Å². The molecule has 1 atom stereocenters. The Hall–Kier alpha value is -1.68. The Bertz CT molecular complexity index is 560. The van der Waals surface area contributed by atoms with E-state index in [1.54, 1.807) is 0 Å². The number of nitrogens with zero attached hydrogens (tertiary/aromatic N) is 3. The van der Waals surface area contributed by atoms with E-state index in [4.69, 9.17) is 0 Å². The molecule has 2 heterocycles. The highest BCUT2D eigenvalue weighted by atomic mass is 15.3. The quantitative estimate of drug-likeness (QED) is 0.851. The lowest BCUT2D eigenvalue weighted by Crippen LogP contribution is -2.21. The van der Waals surface area contributed by atoms with Gasteiger partial charge in [0.15, 0.2) is 0 Å². The van der Waals surface area contributed by atoms with Gasteiger partial charge in [0, 0.05) is 43.8 Å². The van der Waals surface area contributed by atoms with Gasteiger partial charge in [-0.25, -0.2) is 0 Å². The zero-order chi connectivity index (χ0) is 15.2. The minimum atomic E-state index is 0.486. The molecule has 0 aliphatic heterocycles. The summed E-state index contributed by atoms with van der Waals surface area (Å²) < 4.78 is 2.03. The second-order valence-electron chi connectivity index (χ2n) is 5.52. The van der Waals surface area contributed by atoms with Crippen LogP contribution in [0.3, 0.4) is 0 Å². The van der Waals surface area contributed by atoms with Crippen LogP contribution in [-0.4, -0.2) is 21.3 Å². The van der Waals surface area contributed by atoms with E-state index in [9.17, 15) is 0 Å². The first-order chi connectivity index (χ1) is 10.2. The zero-order valence-electron chi connectivity index (χ0n) is 13.6. The van der Waals surface area contributed by atoms with Crippen LogP contribution in [0.15, 0.2) is 24.5 Å². The van der Waals surface area contributed by atoms with Crippen LogP contribution < -0.4 is 5.32 Å². The normalized spacial score (nSPS) is 12.6. The molecule has 114 valence electrons. The highest BCUT2D eigenvalue weighted by molar-refractivity contribution is 5.26. The monoisotopic (exact) mass is 286 g/mol. The van der Waals surface area contributed by atoms with Gasteiger partial charge in [-0.3, -0.25) is 9.67 Å². The highest BCUT2D eigenvalue weighted by Gasteiger charge is 2.13. The Labute approximate surface area is 127 Å². The minimum Gasteiger partial charge on any atom is -0.312 e. The number of rotatable bonds is 7. The Morgan fingerprint density at radius 2 is 1.90 bits per heavy atom. The van der Waals surface area contributed by atoms with Crippen LogP contribution in [0.2, 0.25) is 0 Å². The molecule has 4 nitrogen and oxygen atoms in total. The molecule has 1 unspecified atom stereocenters. The number of hydrogen-bond donors (Lipinski definition) is 1. The van der Waals surface area contributed by atoms with Gasteiger partial charge in [-0.1, -0.05) is 20.8 Å². The smallest absolute Gasteiger partial charge is 0.0669 e. The molecule has 0 aliphatic rings. The molecule has 2 rings (SSSR count). The van der Waals surface area contributed by atoms with Crippen molar-refractivity contribution in [2.45, 2.75) is 46.1 Å². The first-order valence-electron chi connectivity index (χ1n) is 7.81. The molecule has 0 aromatic carbocycles. The predicted molar refractivity (Wildman–Crippen MR) is 86.3 cm³/mol. The molecule has 2 aromatic heterocycles. The first kappa shape index (κ1) is 15.7. The maximum atomic E-state index is 4.62. The molecule has 1 N–H and O–H groups in total. The van der Waals surface area contributed by atoms with Crippen LogP contribution in [0.1, 0.15) is 49.2 Å². The van der Waals surface area contributed by atoms with Crippen LogP contribution in [-0.2, 0) is 26.4 Å². The van der Waals surface area contributed by atoms with E-state index in [1.165, 1.54) is 22.5 Å². The summed E-state index contributed by atoms with van der Waals surface area (Å²) in [5.41, 5.74) is 5.27. The van der Waals surface area contributed by atoms with Gasteiger partial charge in [0.1, 0.15) is 0 Å². The van der Waals surface area contributed by atoms with Gasteiger partial charge in [0.2, 0.25) is 0 Å². The number of aryl methyl sites for hydroxylation is 2. The van der Waals surface area contributed by atoms with E-state index < -0.39 is 0 Å². The maximum absolute atomic E-state index is 4.62. The second-order valence-corrected chi connectivity index (χ2v) is 5.52. The van der Waals surface area contributed by atoms with Crippen LogP contribution in [0.25, 0.3) is 0 Å². The van der Waals surface area contributed by atoms with Crippen molar-refractivity contribution in [1.82, 2.24) is 20.1 Å². The maximum Gasteiger partial charge on any atom is 0.0669 e. The molecule has 0 amide bonds. The molecule has 0 radical (unpaired) electrons. The Morgan fingerprint density at radius 1 is 1.19 bits per heavy atom. The summed E-state index contributed by atoms with van der Waals surface area (Å²) in [4.78, 5) is 4.07. The Kier molecular flexibility index (Phi) is 5.51. The van der Waals surface area contributed by atoms with Crippen molar-refractivity contribution in [3.63, 3.8) is 0 Å².